The van der Waals surface area contributed by atoms with Crippen LogP contribution in [-0.4, -0.2) is 17.0 Å². The lowest BCUT2D eigenvalue weighted by Gasteiger charge is -2.14. The van der Waals surface area contributed by atoms with Crippen LogP contribution in [0, 0.1) is 0 Å². The number of carbonyl (C=O) groups excluding carboxylic acids is 1. The van der Waals surface area contributed by atoms with Crippen molar-refractivity contribution in [2.24, 2.45) is 0 Å². The number of aryl methyl sites for hydroxylation is 1. The summed E-state index contributed by atoms with van der Waals surface area (Å²) >= 11 is 0. The molecule has 0 fully saturated rings. The van der Waals surface area contributed by atoms with E-state index in [1.807, 2.05) is 36.4 Å². The third-order valence-electron chi connectivity index (χ3n) is 4.34. The molecule has 1 amide bonds. The van der Waals surface area contributed by atoms with E-state index in [1.165, 1.54) is 0 Å². The first-order valence-electron chi connectivity index (χ1n) is 7.60. The Labute approximate surface area is 127 Å². The van der Waals surface area contributed by atoms with Crippen molar-refractivity contribution < 1.29 is 4.79 Å². The Hall–Kier alpha value is -2.62. The Kier molecular flexibility index (Phi) is 2.96. The van der Waals surface area contributed by atoms with Crippen molar-refractivity contribution in [2.45, 2.75) is 19.4 Å². The van der Waals surface area contributed by atoms with Gasteiger partial charge in [0.2, 0.25) is 0 Å². The predicted octanol–water partition coefficient (Wildman–Crippen LogP) is 2.68. The van der Waals surface area contributed by atoms with Crippen molar-refractivity contribution >= 4 is 27.6 Å². The molecule has 0 aliphatic carbocycles. The molecule has 0 unspecified atom stereocenters. The fourth-order valence-corrected chi connectivity index (χ4v) is 3.29. The van der Waals surface area contributed by atoms with E-state index in [2.05, 4.69) is 5.32 Å². The highest BCUT2D eigenvalue weighted by Gasteiger charge is 2.18. The van der Waals surface area contributed by atoms with Crippen LogP contribution in [0.25, 0.3) is 21.7 Å². The first kappa shape index (κ1) is 13.1. The topological polar surface area (TPSA) is 51.1 Å². The summed E-state index contributed by atoms with van der Waals surface area (Å²) in [5.74, 6) is -0.101. The maximum absolute atomic E-state index is 12.9. The molecule has 4 heteroatoms. The SMILES string of the molecule is O=C1NCCCCn2c(=O)c3ccccc3c3cccc1c32. The summed E-state index contributed by atoms with van der Waals surface area (Å²) in [5.41, 5.74) is 1.33. The maximum Gasteiger partial charge on any atom is 0.258 e. The fraction of sp³-hybridized carbons (Fsp3) is 0.222. The lowest BCUT2D eigenvalue weighted by molar-refractivity contribution is 0.0955. The lowest BCUT2D eigenvalue weighted by Crippen LogP contribution is -2.25. The monoisotopic (exact) mass is 292 g/mol. The van der Waals surface area contributed by atoms with E-state index < -0.39 is 0 Å². The molecule has 2 aromatic carbocycles. The van der Waals surface area contributed by atoms with Gasteiger partial charge in [0.25, 0.3) is 11.5 Å². The van der Waals surface area contributed by atoms with Gasteiger partial charge in [0.15, 0.2) is 0 Å². The van der Waals surface area contributed by atoms with Gasteiger partial charge >= 0.3 is 0 Å². The van der Waals surface area contributed by atoms with Crippen LogP contribution in [0.3, 0.4) is 0 Å². The van der Waals surface area contributed by atoms with E-state index in [-0.39, 0.29) is 11.5 Å². The molecule has 22 heavy (non-hydrogen) atoms. The number of nitrogens with one attached hydrogen (secondary N) is 1. The molecule has 0 bridgehead atoms. The van der Waals surface area contributed by atoms with Crippen molar-refractivity contribution in [3.05, 3.63) is 58.4 Å². The lowest BCUT2D eigenvalue weighted by atomic mass is 10.0. The second-order valence-corrected chi connectivity index (χ2v) is 5.67. The van der Waals surface area contributed by atoms with Gasteiger partial charge in [-0.1, -0.05) is 30.3 Å². The molecule has 0 radical (unpaired) electrons. The van der Waals surface area contributed by atoms with Crippen molar-refractivity contribution in [2.75, 3.05) is 6.54 Å². The zero-order valence-electron chi connectivity index (χ0n) is 12.1. The number of fused-ring (bicyclic) bond motifs is 2. The zero-order valence-corrected chi connectivity index (χ0v) is 12.1. The molecule has 0 saturated carbocycles. The number of hydrogen-bond acceptors (Lipinski definition) is 2. The molecule has 4 rings (SSSR count). The van der Waals surface area contributed by atoms with Crippen LogP contribution in [0.2, 0.25) is 0 Å². The Morgan fingerprint density at radius 2 is 1.64 bits per heavy atom. The highest BCUT2D eigenvalue weighted by Crippen LogP contribution is 2.26. The van der Waals surface area contributed by atoms with Crippen LogP contribution < -0.4 is 10.9 Å². The number of hydrogen-bond donors (Lipinski definition) is 1. The predicted molar refractivity (Wildman–Crippen MR) is 87.3 cm³/mol. The number of pyridine rings is 1. The van der Waals surface area contributed by atoms with E-state index in [1.54, 1.807) is 10.6 Å². The van der Waals surface area contributed by atoms with Gasteiger partial charge in [0.1, 0.15) is 0 Å². The second kappa shape index (κ2) is 4.98. The van der Waals surface area contributed by atoms with Crippen molar-refractivity contribution in [1.82, 2.24) is 9.88 Å². The van der Waals surface area contributed by atoms with E-state index in [0.717, 1.165) is 29.1 Å². The Morgan fingerprint density at radius 1 is 0.864 bits per heavy atom. The second-order valence-electron chi connectivity index (χ2n) is 5.67. The molecular formula is C18H16N2O2. The number of nitrogens with zero attached hydrogens (tertiary/aromatic N) is 1. The van der Waals surface area contributed by atoms with Gasteiger partial charge in [0.05, 0.1) is 11.1 Å². The fourth-order valence-electron chi connectivity index (χ4n) is 3.29. The van der Waals surface area contributed by atoms with Crippen molar-refractivity contribution in [1.29, 1.82) is 0 Å². The molecule has 1 aromatic heterocycles. The minimum atomic E-state index is -0.101. The molecule has 3 aromatic rings. The highest BCUT2D eigenvalue weighted by molar-refractivity contribution is 6.13. The van der Waals surface area contributed by atoms with Crippen LogP contribution in [0.5, 0.6) is 0 Å². The minimum absolute atomic E-state index is 0.00903. The Morgan fingerprint density at radius 3 is 2.50 bits per heavy atom. The number of aromatic nitrogens is 1. The third-order valence-corrected chi connectivity index (χ3v) is 4.34. The first-order valence-corrected chi connectivity index (χ1v) is 7.60. The van der Waals surface area contributed by atoms with Gasteiger partial charge < -0.3 is 9.88 Å². The number of rotatable bonds is 0. The van der Waals surface area contributed by atoms with Crippen LogP contribution in [0.15, 0.2) is 47.3 Å². The summed E-state index contributed by atoms with van der Waals surface area (Å²) in [6.07, 6.45) is 1.75. The Bertz CT molecular complexity index is 956. The standard InChI is InChI=1S/C18H16N2O2/c21-17-15-9-5-8-13-12-6-1-2-7-14(12)18(22)20(16(13)15)11-4-3-10-19-17/h1-2,5-9H,3-4,10-11H2,(H,19,21). The van der Waals surface area contributed by atoms with Gasteiger partial charge in [-0.15, -0.1) is 0 Å². The summed E-state index contributed by atoms with van der Waals surface area (Å²) in [6.45, 7) is 1.30. The van der Waals surface area contributed by atoms with Crippen LogP contribution in [0.1, 0.15) is 23.2 Å². The smallest absolute Gasteiger partial charge is 0.258 e. The molecule has 1 aliphatic rings. The van der Waals surface area contributed by atoms with Gasteiger partial charge in [-0.25, -0.2) is 0 Å². The normalized spacial score (nSPS) is 15.2. The summed E-state index contributed by atoms with van der Waals surface area (Å²) < 4.78 is 1.78. The van der Waals surface area contributed by atoms with Gasteiger partial charge in [-0.2, -0.15) is 0 Å². The molecular weight excluding hydrogens is 276 g/mol. The van der Waals surface area contributed by atoms with Gasteiger partial charge in [-0.05, 0) is 30.4 Å². The van der Waals surface area contributed by atoms with Crippen LogP contribution in [-0.2, 0) is 6.54 Å². The molecule has 1 aliphatic heterocycles. The van der Waals surface area contributed by atoms with Gasteiger partial charge in [0, 0.05) is 23.9 Å². The summed E-state index contributed by atoms with van der Waals surface area (Å²) in [4.78, 5) is 25.3. The number of para-hydroxylation sites is 1. The van der Waals surface area contributed by atoms with Crippen LogP contribution in [0.4, 0.5) is 0 Å². The largest absolute Gasteiger partial charge is 0.352 e. The number of carbonyl (C=O) groups is 1. The maximum atomic E-state index is 12.9. The molecule has 4 nitrogen and oxygen atoms in total. The number of benzene rings is 2. The average molecular weight is 292 g/mol. The summed E-state index contributed by atoms with van der Waals surface area (Å²) in [6, 6.07) is 13.3. The van der Waals surface area contributed by atoms with E-state index in [9.17, 15) is 9.59 Å². The van der Waals surface area contributed by atoms with E-state index in [0.29, 0.717) is 24.0 Å². The molecule has 110 valence electrons. The van der Waals surface area contributed by atoms with Crippen molar-refractivity contribution in [3.63, 3.8) is 0 Å². The van der Waals surface area contributed by atoms with Crippen molar-refractivity contribution in [3.8, 4) is 0 Å². The highest BCUT2D eigenvalue weighted by atomic mass is 16.1. The average Bonchev–Trinajstić information content (AvgIpc) is 2.63. The quantitative estimate of drug-likeness (QED) is 0.648. The van der Waals surface area contributed by atoms with E-state index in [4.69, 9.17) is 0 Å². The molecule has 0 saturated heterocycles. The first-order chi connectivity index (χ1) is 10.8. The summed E-state index contributed by atoms with van der Waals surface area (Å²) in [7, 11) is 0. The van der Waals surface area contributed by atoms with Crippen LogP contribution >= 0.6 is 0 Å². The van der Waals surface area contributed by atoms with E-state index >= 15 is 0 Å². The molecule has 2 heterocycles. The molecule has 0 atom stereocenters. The zero-order chi connectivity index (χ0) is 15.1. The molecule has 0 spiro atoms. The third kappa shape index (κ3) is 1.84. The minimum Gasteiger partial charge on any atom is -0.352 e. The summed E-state index contributed by atoms with van der Waals surface area (Å²) in [5, 5.41) is 5.53. The number of amides is 1. The Balaban J connectivity index is 2.24. The van der Waals surface area contributed by atoms with Gasteiger partial charge in [-0.3, -0.25) is 9.59 Å². The molecule has 1 N–H and O–H groups in total.